The minimum Gasteiger partial charge on any atom is -0.469 e. The van der Waals surface area contributed by atoms with Crippen LogP contribution in [0.3, 0.4) is 0 Å². The number of methoxy groups -OCH3 is 2. The van der Waals surface area contributed by atoms with Crippen molar-refractivity contribution in [1.82, 2.24) is 0 Å². The Hall–Kier alpha value is -3.68. The number of carbonyl (C=O) groups is 4. The van der Waals surface area contributed by atoms with E-state index in [0.29, 0.717) is 28.3 Å². The van der Waals surface area contributed by atoms with Gasteiger partial charge in [-0.3, -0.25) is 19.2 Å². The molecule has 0 aromatic heterocycles. The van der Waals surface area contributed by atoms with Crippen LogP contribution in [0.2, 0.25) is 0 Å². The lowest BCUT2D eigenvalue weighted by Gasteiger charge is -2.19. The monoisotopic (exact) mass is 442 g/mol. The Bertz CT molecular complexity index is 1080. The molecule has 0 aliphatic rings. The summed E-state index contributed by atoms with van der Waals surface area (Å²) >= 11 is 0. The summed E-state index contributed by atoms with van der Waals surface area (Å²) in [6.07, 6.45) is 1.25. The maximum absolute atomic E-state index is 12.4. The van der Waals surface area contributed by atoms with E-state index in [1.165, 1.54) is 14.2 Å². The third-order valence-electron chi connectivity index (χ3n) is 4.66. The van der Waals surface area contributed by atoms with Crippen molar-refractivity contribution >= 4 is 34.6 Å². The fourth-order valence-electron chi connectivity index (χ4n) is 3.03. The summed E-state index contributed by atoms with van der Waals surface area (Å²) < 4.78 is 20.2. The zero-order valence-corrected chi connectivity index (χ0v) is 18.8. The smallest absolute Gasteiger partial charge is 0.322 e. The quantitative estimate of drug-likeness (QED) is 0.264. The molecule has 0 fully saturated rings. The molecular weight excluding hydrogens is 416 g/mol. The number of ether oxygens (including phenoxy) is 4. The number of benzene rings is 2. The molecule has 170 valence electrons. The molecule has 0 heterocycles. The Balaban J connectivity index is 2.63. The van der Waals surface area contributed by atoms with Crippen LogP contribution in [0.15, 0.2) is 35.9 Å². The number of carbonyl (C=O) groups excluding carboxylic acids is 4. The Kier molecular flexibility index (Phi) is 8.52. The van der Waals surface area contributed by atoms with Gasteiger partial charge in [0.25, 0.3) is 0 Å². The molecule has 0 amide bonds. The average molecular weight is 442 g/mol. The molecule has 0 saturated heterocycles. The van der Waals surface area contributed by atoms with E-state index in [-0.39, 0.29) is 11.5 Å². The second-order valence-corrected chi connectivity index (χ2v) is 7.25. The Morgan fingerprint density at radius 3 is 1.72 bits per heavy atom. The van der Waals surface area contributed by atoms with Crippen LogP contribution in [0.25, 0.3) is 10.8 Å². The van der Waals surface area contributed by atoms with Gasteiger partial charge in [-0.25, -0.2) is 0 Å². The van der Waals surface area contributed by atoms with E-state index in [1.807, 2.05) is 19.9 Å². The highest BCUT2D eigenvalue weighted by atomic mass is 16.6. The standard InChI is InChI=1S/C24H26O8/c1-14(2)10-11-16-15(3)23(31-21(27)12-19(25)29-4)17-8-6-7-9-18(17)24(16)32-22(28)13-20(26)30-5/h6-10H,11-13H2,1-5H3. The van der Waals surface area contributed by atoms with E-state index >= 15 is 0 Å². The van der Waals surface area contributed by atoms with Crippen LogP contribution in [0.5, 0.6) is 11.5 Å². The number of rotatable bonds is 8. The SMILES string of the molecule is COC(=O)CC(=O)Oc1c(C)c(CC=C(C)C)c(OC(=O)CC(=O)OC)c2ccccc12. The molecule has 8 nitrogen and oxygen atoms in total. The first kappa shape index (κ1) is 24.6. The summed E-state index contributed by atoms with van der Waals surface area (Å²) in [7, 11) is 2.37. The van der Waals surface area contributed by atoms with Crippen LogP contribution in [-0.4, -0.2) is 38.1 Å². The third kappa shape index (κ3) is 6.16. The summed E-state index contributed by atoms with van der Waals surface area (Å²) in [5.41, 5.74) is 2.22. The molecule has 2 aromatic carbocycles. The summed E-state index contributed by atoms with van der Waals surface area (Å²) in [5, 5.41) is 1.04. The Morgan fingerprint density at radius 1 is 0.781 bits per heavy atom. The largest absolute Gasteiger partial charge is 0.469 e. The third-order valence-corrected chi connectivity index (χ3v) is 4.66. The van der Waals surface area contributed by atoms with Gasteiger partial charge in [0.2, 0.25) is 0 Å². The van der Waals surface area contributed by atoms with Crippen molar-refractivity contribution in [3.8, 4) is 11.5 Å². The average Bonchev–Trinajstić information content (AvgIpc) is 2.75. The normalized spacial score (nSPS) is 10.3. The molecule has 0 spiro atoms. The number of hydrogen-bond acceptors (Lipinski definition) is 8. The minimum absolute atomic E-state index is 0.263. The van der Waals surface area contributed by atoms with Crippen molar-refractivity contribution in [3.63, 3.8) is 0 Å². The summed E-state index contributed by atoms with van der Waals surface area (Å²) in [4.78, 5) is 47.6. The van der Waals surface area contributed by atoms with E-state index in [2.05, 4.69) is 9.47 Å². The summed E-state index contributed by atoms with van der Waals surface area (Å²) in [5.74, 6) is -2.42. The molecule has 2 rings (SSSR count). The van der Waals surface area contributed by atoms with Crippen LogP contribution in [0, 0.1) is 6.92 Å². The second kappa shape index (κ2) is 11.1. The lowest BCUT2D eigenvalue weighted by Crippen LogP contribution is -2.18. The molecule has 32 heavy (non-hydrogen) atoms. The molecule has 0 N–H and O–H groups in total. The van der Waals surface area contributed by atoms with E-state index < -0.39 is 36.7 Å². The number of fused-ring (bicyclic) bond motifs is 1. The Morgan fingerprint density at radius 2 is 1.25 bits per heavy atom. The summed E-state index contributed by atoms with van der Waals surface area (Å²) in [6.45, 7) is 5.59. The summed E-state index contributed by atoms with van der Waals surface area (Å²) in [6, 6.07) is 6.93. The van der Waals surface area contributed by atoms with E-state index in [1.54, 1.807) is 31.2 Å². The highest BCUT2D eigenvalue weighted by Crippen LogP contribution is 2.41. The fourth-order valence-corrected chi connectivity index (χ4v) is 3.03. The first-order valence-electron chi connectivity index (χ1n) is 9.90. The van der Waals surface area contributed by atoms with Crippen LogP contribution in [0.1, 0.15) is 37.8 Å². The van der Waals surface area contributed by atoms with Crippen molar-refractivity contribution in [2.75, 3.05) is 14.2 Å². The lowest BCUT2D eigenvalue weighted by atomic mass is 9.95. The van der Waals surface area contributed by atoms with Gasteiger partial charge in [0.05, 0.1) is 14.2 Å². The molecule has 0 unspecified atom stereocenters. The number of esters is 4. The fraction of sp³-hybridized carbons (Fsp3) is 0.333. The van der Waals surface area contributed by atoms with Crippen LogP contribution >= 0.6 is 0 Å². The molecule has 8 heteroatoms. The topological polar surface area (TPSA) is 105 Å². The van der Waals surface area contributed by atoms with Crippen LogP contribution < -0.4 is 9.47 Å². The van der Waals surface area contributed by atoms with Gasteiger partial charge in [-0.05, 0) is 32.8 Å². The van der Waals surface area contributed by atoms with Gasteiger partial charge >= 0.3 is 23.9 Å². The van der Waals surface area contributed by atoms with Crippen molar-refractivity contribution in [3.05, 3.63) is 47.0 Å². The van der Waals surface area contributed by atoms with E-state index in [0.717, 1.165) is 5.57 Å². The van der Waals surface area contributed by atoms with E-state index in [4.69, 9.17) is 9.47 Å². The molecule has 2 aromatic rings. The zero-order chi connectivity index (χ0) is 23.8. The molecular formula is C24H26O8. The van der Waals surface area contributed by atoms with Gasteiger partial charge in [-0.2, -0.15) is 0 Å². The molecule has 0 aliphatic heterocycles. The number of hydrogen-bond donors (Lipinski definition) is 0. The van der Waals surface area contributed by atoms with Crippen molar-refractivity contribution in [2.45, 2.75) is 40.0 Å². The molecule has 0 bridgehead atoms. The number of allylic oxidation sites excluding steroid dienone is 2. The highest BCUT2D eigenvalue weighted by molar-refractivity contribution is 6.01. The van der Waals surface area contributed by atoms with Gasteiger partial charge in [0, 0.05) is 16.3 Å². The molecule has 0 saturated carbocycles. The first-order valence-corrected chi connectivity index (χ1v) is 9.90. The first-order chi connectivity index (χ1) is 15.2. The van der Waals surface area contributed by atoms with Gasteiger partial charge in [-0.1, -0.05) is 35.9 Å². The Labute approximate surface area is 186 Å². The highest BCUT2D eigenvalue weighted by Gasteiger charge is 2.24. The van der Waals surface area contributed by atoms with Gasteiger partial charge in [0.15, 0.2) is 0 Å². The van der Waals surface area contributed by atoms with Crippen molar-refractivity contribution in [2.24, 2.45) is 0 Å². The van der Waals surface area contributed by atoms with Crippen molar-refractivity contribution < 1.29 is 38.1 Å². The second-order valence-electron chi connectivity index (χ2n) is 7.25. The van der Waals surface area contributed by atoms with Gasteiger partial charge < -0.3 is 18.9 Å². The molecule has 0 radical (unpaired) electrons. The van der Waals surface area contributed by atoms with Crippen LogP contribution in [0.4, 0.5) is 0 Å². The predicted octanol–water partition coefficient (Wildman–Crippen LogP) is 3.59. The van der Waals surface area contributed by atoms with Crippen LogP contribution in [-0.2, 0) is 35.1 Å². The maximum atomic E-state index is 12.4. The predicted molar refractivity (Wildman–Crippen MR) is 116 cm³/mol. The van der Waals surface area contributed by atoms with Crippen molar-refractivity contribution in [1.29, 1.82) is 0 Å². The van der Waals surface area contributed by atoms with Gasteiger partial charge in [-0.15, -0.1) is 0 Å². The molecule has 0 aliphatic carbocycles. The lowest BCUT2D eigenvalue weighted by molar-refractivity contribution is -0.150. The zero-order valence-electron chi connectivity index (χ0n) is 18.8. The maximum Gasteiger partial charge on any atom is 0.322 e. The minimum atomic E-state index is -0.770. The van der Waals surface area contributed by atoms with Gasteiger partial charge in [0.1, 0.15) is 24.3 Å². The van der Waals surface area contributed by atoms with E-state index in [9.17, 15) is 19.2 Å². The molecule has 0 atom stereocenters.